The molecular weight excluding hydrogens is 360 g/mol. The first kappa shape index (κ1) is 20.9. The maximum atomic E-state index is 7.17. The molecule has 28 heavy (non-hydrogen) atoms. The van der Waals surface area contributed by atoms with Crippen LogP contribution in [0, 0.1) is 5.92 Å². The van der Waals surface area contributed by atoms with Gasteiger partial charge in [0, 0.05) is 6.42 Å². The molecule has 0 radical (unpaired) electrons. The molecule has 1 aliphatic heterocycles. The molecule has 1 heterocycles. The van der Waals surface area contributed by atoms with E-state index < -0.39 is 8.32 Å². The fourth-order valence-electron chi connectivity index (χ4n) is 4.40. The summed E-state index contributed by atoms with van der Waals surface area (Å²) >= 11 is 0. The molecule has 2 nitrogen and oxygen atoms in total. The highest BCUT2D eigenvalue weighted by Crippen LogP contribution is 2.40. The molecule has 1 aliphatic rings. The molecule has 0 spiro atoms. The van der Waals surface area contributed by atoms with Gasteiger partial charge in [-0.2, -0.15) is 0 Å². The Labute approximate surface area is 171 Å². The van der Waals surface area contributed by atoms with Crippen molar-refractivity contribution >= 4 is 18.7 Å². The molecule has 0 aromatic heterocycles. The second kappa shape index (κ2) is 8.26. The van der Waals surface area contributed by atoms with Crippen LogP contribution in [0.25, 0.3) is 0 Å². The van der Waals surface area contributed by atoms with E-state index in [1.54, 1.807) is 0 Å². The Morgan fingerprint density at radius 3 is 1.93 bits per heavy atom. The Bertz CT molecular complexity index is 738. The number of hydrogen-bond donors (Lipinski definition) is 0. The normalized spacial score (nSPS) is 20.4. The Hall–Kier alpha value is -1.84. The van der Waals surface area contributed by atoms with Gasteiger partial charge in [-0.25, -0.2) is 0 Å². The zero-order valence-corrected chi connectivity index (χ0v) is 18.9. The molecule has 150 valence electrons. The van der Waals surface area contributed by atoms with Gasteiger partial charge in [0.1, 0.15) is 18.0 Å². The van der Waals surface area contributed by atoms with Crippen molar-refractivity contribution in [3.8, 4) is 0 Å². The van der Waals surface area contributed by atoms with Crippen molar-refractivity contribution in [2.75, 3.05) is 0 Å². The van der Waals surface area contributed by atoms with Crippen LogP contribution >= 0.6 is 0 Å². The number of rotatable bonds is 6. The first-order valence-electron chi connectivity index (χ1n) is 10.4. The molecule has 2 aromatic carbocycles. The van der Waals surface area contributed by atoms with Crippen LogP contribution in [0.5, 0.6) is 0 Å². The number of hydrogen-bond acceptors (Lipinski definition) is 2. The SMILES string of the molecule is C=C1O[C@H](CC(C)C)C[C@H]1O[Si](c1ccccc1)(c1ccccc1)C(C)(C)C. The second-order valence-electron chi connectivity index (χ2n) is 9.34. The number of benzene rings is 2. The van der Waals surface area contributed by atoms with Crippen molar-refractivity contribution in [2.24, 2.45) is 5.92 Å². The van der Waals surface area contributed by atoms with Crippen LogP contribution in [0.4, 0.5) is 0 Å². The minimum atomic E-state index is -2.57. The van der Waals surface area contributed by atoms with E-state index in [1.165, 1.54) is 10.4 Å². The molecule has 3 rings (SSSR count). The molecule has 2 aromatic rings. The first-order valence-corrected chi connectivity index (χ1v) is 12.3. The van der Waals surface area contributed by atoms with Crippen molar-refractivity contribution in [3.63, 3.8) is 0 Å². The molecular formula is C25H34O2Si. The Morgan fingerprint density at radius 1 is 1.00 bits per heavy atom. The van der Waals surface area contributed by atoms with Gasteiger partial charge in [0.05, 0.1) is 0 Å². The summed E-state index contributed by atoms with van der Waals surface area (Å²) in [5.74, 6) is 1.39. The topological polar surface area (TPSA) is 18.5 Å². The molecule has 0 N–H and O–H groups in total. The zero-order chi connectivity index (χ0) is 20.4. The van der Waals surface area contributed by atoms with Crippen LogP contribution in [0.3, 0.4) is 0 Å². The fourth-order valence-corrected chi connectivity index (χ4v) is 9.07. The summed E-state index contributed by atoms with van der Waals surface area (Å²) in [4.78, 5) is 0. The van der Waals surface area contributed by atoms with E-state index in [-0.39, 0.29) is 17.2 Å². The molecule has 1 fully saturated rings. The lowest BCUT2D eigenvalue weighted by molar-refractivity contribution is 0.137. The molecule has 1 saturated heterocycles. The quantitative estimate of drug-likeness (QED) is 0.621. The van der Waals surface area contributed by atoms with Gasteiger partial charge in [-0.05, 0) is 27.8 Å². The molecule has 2 atom stereocenters. The van der Waals surface area contributed by atoms with Crippen molar-refractivity contribution in [2.45, 2.75) is 64.7 Å². The van der Waals surface area contributed by atoms with Crippen LogP contribution in [0.2, 0.25) is 5.04 Å². The van der Waals surface area contributed by atoms with Gasteiger partial charge in [-0.1, -0.05) is 102 Å². The molecule has 0 aliphatic carbocycles. The lowest BCUT2D eigenvalue weighted by Crippen LogP contribution is -2.67. The summed E-state index contributed by atoms with van der Waals surface area (Å²) in [6, 6.07) is 21.6. The Kier molecular flexibility index (Phi) is 6.16. The van der Waals surface area contributed by atoms with Gasteiger partial charge >= 0.3 is 0 Å². The van der Waals surface area contributed by atoms with E-state index >= 15 is 0 Å². The van der Waals surface area contributed by atoms with E-state index in [2.05, 4.69) is 102 Å². The highest BCUT2D eigenvalue weighted by molar-refractivity contribution is 6.99. The maximum Gasteiger partial charge on any atom is 0.262 e. The van der Waals surface area contributed by atoms with Crippen molar-refractivity contribution in [3.05, 3.63) is 73.0 Å². The monoisotopic (exact) mass is 394 g/mol. The average Bonchev–Trinajstić information content (AvgIpc) is 2.98. The van der Waals surface area contributed by atoms with Gasteiger partial charge in [0.15, 0.2) is 0 Å². The molecule has 0 unspecified atom stereocenters. The van der Waals surface area contributed by atoms with Crippen LogP contribution < -0.4 is 10.4 Å². The summed E-state index contributed by atoms with van der Waals surface area (Å²) in [7, 11) is -2.57. The van der Waals surface area contributed by atoms with E-state index in [4.69, 9.17) is 9.16 Å². The van der Waals surface area contributed by atoms with Crippen molar-refractivity contribution < 1.29 is 9.16 Å². The van der Waals surface area contributed by atoms with Gasteiger partial charge in [0.25, 0.3) is 8.32 Å². The third-order valence-electron chi connectivity index (χ3n) is 5.62. The predicted octanol–water partition coefficient (Wildman–Crippen LogP) is 5.28. The Morgan fingerprint density at radius 2 is 1.50 bits per heavy atom. The lowest BCUT2D eigenvalue weighted by atomic mass is 10.0. The summed E-state index contributed by atoms with van der Waals surface area (Å²) in [5, 5.41) is 2.56. The highest BCUT2D eigenvalue weighted by atomic mass is 28.4. The summed E-state index contributed by atoms with van der Waals surface area (Å²) < 4.78 is 13.3. The Balaban J connectivity index is 2.06. The maximum absolute atomic E-state index is 7.17. The summed E-state index contributed by atoms with van der Waals surface area (Å²) in [6.07, 6.45) is 2.08. The minimum Gasteiger partial charge on any atom is -0.493 e. The van der Waals surface area contributed by atoms with Gasteiger partial charge < -0.3 is 9.16 Å². The number of ether oxygens (including phenoxy) is 1. The van der Waals surface area contributed by atoms with E-state index in [0.29, 0.717) is 5.92 Å². The minimum absolute atomic E-state index is 0.0356. The average molecular weight is 395 g/mol. The van der Waals surface area contributed by atoms with E-state index in [1.807, 2.05) is 0 Å². The van der Waals surface area contributed by atoms with Crippen LogP contribution in [0.1, 0.15) is 47.5 Å². The largest absolute Gasteiger partial charge is 0.493 e. The van der Waals surface area contributed by atoms with E-state index in [9.17, 15) is 0 Å². The standard InChI is InChI=1S/C25H34O2Si/c1-19(2)17-21-18-24(20(3)26-21)27-28(25(4,5)6,22-13-9-7-10-14-22)23-15-11-8-12-16-23/h7-16,19,21,24H,3,17-18H2,1-2,4-6H3/t21-,24-/m1/s1. The fraction of sp³-hybridized carbons (Fsp3) is 0.440. The van der Waals surface area contributed by atoms with Crippen LogP contribution in [-0.2, 0) is 9.16 Å². The third-order valence-corrected chi connectivity index (χ3v) is 10.7. The molecule has 0 amide bonds. The molecule has 3 heteroatoms. The smallest absolute Gasteiger partial charge is 0.262 e. The van der Waals surface area contributed by atoms with Gasteiger partial charge in [-0.15, -0.1) is 0 Å². The van der Waals surface area contributed by atoms with Crippen LogP contribution in [0.15, 0.2) is 73.0 Å². The van der Waals surface area contributed by atoms with Crippen molar-refractivity contribution in [1.29, 1.82) is 0 Å². The lowest BCUT2D eigenvalue weighted by Gasteiger charge is -2.44. The first-order chi connectivity index (χ1) is 13.2. The van der Waals surface area contributed by atoms with E-state index in [0.717, 1.165) is 18.6 Å². The third kappa shape index (κ3) is 4.11. The van der Waals surface area contributed by atoms with Crippen molar-refractivity contribution in [1.82, 2.24) is 0 Å². The van der Waals surface area contributed by atoms with Crippen LogP contribution in [-0.4, -0.2) is 20.5 Å². The molecule has 0 bridgehead atoms. The van der Waals surface area contributed by atoms with Gasteiger partial charge in [-0.3, -0.25) is 0 Å². The second-order valence-corrected chi connectivity index (χ2v) is 13.6. The zero-order valence-electron chi connectivity index (χ0n) is 17.9. The highest BCUT2D eigenvalue weighted by Gasteiger charge is 2.52. The summed E-state index contributed by atoms with van der Waals surface area (Å²) in [6.45, 7) is 15.6. The summed E-state index contributed by atoms with van der Waals surface area (Å²) in [5.41, 5.74) is 0. The predicted molar refractivity (Wildman–Crippen MR) is 121 cm³/mol. The van der Waals surface area contributed by atoms with Gasteiger partial charge in [0.2, 0.25) is 0 Å². The molecule has 0 saturated carbocycles.